The van der Waals surface area contributed by atoms with Crippen LogP contribution in [0.25, 0.3) is 16.8 Å². The maximum Gasteiger partial charge on any atom is 0.338 e. The van der Waals surface area contributed by atoms with Crippen LogP contribution in [-0.4, -0.2) is 23.2 Å². The molecular weight excluding hydrogens is 584 g/mol. The summed E-state index contributed by atoms with van der Waals surface area (Å²) < 4.78 is 20.0. The maximum atomic E-state index is 14.4. The molecule has 45 heavy (non-hydrogen) atoms. The van der Waals surface area contributed by atoms with Crippen LogP contribution in [0.1, 0.15) is 50.4 Å². The van der Waals surface area contributed by atoms with Crippen LogP contribution >= 0.6 is 11.3 Å². The van der Waals surface area contributed by atoms with E-state index in [1.807, 2.05) is 111 Å². The molecule has 1 aliphatic rings. The summed E-state index contributed by atoms with van der Waals surface area (Å²) >= 11 is 1.28. The predicted molar refractivity (Wildman–Crippen MR) is 177 cm³/mol. The molecule has 0 N–H and O–H groups in total. The number of thiazole rings is 1. The lowest BCUT2D eigenvalue weighted by molar-refractivity contribution is -0.139. The van der Waals surface area contributed by atoms with E-state index in [-0.39, 0.29) is 18.3 Å². The third-order valence-corrected chi connectivity index (χ3v) is 8.52. The van der Waals surface area contributed by atoms with Crippen molar-refractivity contribution in [1.82, 2.24) is 4.57 Å². The second-order valence-corrected chi connectivity index (χ2v) is 12.0. The first kappa shape index (κ1) is 30.1. The smallest absolute Gasteiger partial charge is 0.338 e. The molecule has 0 saturated heterocycles. The second-order valence-electron chi connectivity index (χ2n) is 11.0. The fourth-order valence-electron chi connectivity index (χ4n) is 5.57. The fourth-order valence-corrected chi connectivity index (χ4v) is 6.60. The largest absolute Gasteiger partial charge is 0.491 e. The molecule has 0 fully saturated rings. The minimum atomic E-state index is -0.779. The topological polar surface area (TPSA) is 79.1 Å². The van der Waals surface area contributed by atoms with Crippen molar-refractivity contribution in [2.24, 2.45) is 4.99 Å². The average molecular weight is 619 g/mol. The number of allylic oxidation sites excluding steroid dienone is 1. The van der Waals surface area contributed by atoms with Crippen molar-refractivity contribution in [3.05, 3.63) is 139 Å². The maximum absolute atomic E-state index is 14.4. The highest BCUT2D eigenvalue weighted by Crippen LogP contribution is 2.36. The standard InChI is InChI=1S/C37H34N2O5S/c1-5-42-36(41)33-24(4)38-37-39(34(33)28-17-11-12-18-31(28)44-23(2)3)35(40)32(45-37)21-29-27-16-10-9-15-26(27)19-20-30(29)43-22-25-13-7-6-8-14-25/h6-21,23,34H,5,22H2,1-4H3/b32-21-/t34-/m1/s1. The Morgan fingerprint density at radius 1 is 0.956 bits per heavy atom. The summed E-state index contributed by atoms with van der Waals surface area (Å²) in [6, 6.07) is 28.7. The fraction of sp³-hybridized carbons (Fsp3) is 0.216. The number of hydrogen-bond acceptors (Lipinski definition) is 7. The Kier molecular flexibility index (Phi) is 8.67. The molecule has 0 bridgehead atoms. The molecule has 7 nitrogen and oxygen atoms in total. The normalized spacial score (nSPS) is 14.8. The Hall–Kier alpha value is -4.95. The lowest BCUT2D eigenvalue weighted by Gasteiger charge is -2.26. The third-order valence-electron chi connectivity index (χ3n) is 7.54. The van der Waals surface area contributed by atoms with E-state index in [1.54, 1.807) is 18.4 Å². The number of carbonyl (C=O) groups is 1. The van der Waals surface area contributed by atoms with Crippen molar-refractivity contribution in [3.63, 3.8) is 0 Å². The van der Waals surface area contributed by atoms with E-state index in [9.17, 15) is 9.59 Å². The van der Waals surface area contributed by atoms with Crippen molar-refractivity contribution in [2.45, 2.75) is 46.4 Å². The van der Waals surface area contributed by atoms with E-state index in [1.165, 1.54) is 11.3 Å². The number of benzene rings is 4. The number of hydrogen-bond donors (Lipinski definition) is 0. The van der Waals surface area contributed by atoms with Gasteiger partial charge in [-0.05, 0) is 62.2 Å². The van der Waals surface area contributed by atoms with Crippen molar-refractivity contribution in [3.8, 4) is 11.5 Å². The van der Waals surface area contributed by atoms with Gasteiger partial charge in [0, 0.05) is 11.1 Å². The monoisotopic (exact) mass is 618 g/mol. The number of ether oxygens (including phenoxy) is 3. The van der Waals surface area contributed by atoms with Gasteiger partial charge in [-0.3, -0.25) is 9.36 Å². The summed E-state index contributed by atoms with van der Waals surface area (Å²) in [5, 5.41) is 1.99. The minimum Gasteiger partial charge on any atom is -0.491 e. The Balaban J connectivity index is 1.55. The number of rotatable bonds is 9. The van der Waals surface area contributed by atoms with E-state index in [4.69, 9.17) is 19.2 Å². The number of aromatic nitrogens is 1. The molecule has 5 aromatic rings. The number of fused-ring (bicyclic) bond motifs is 2. The summed E-state index contributed by atoms with van der Waals surface area (Å²) in [6.45, 7) is 8.01. The molecule has 0 aliphatic carbocycles. The SMILES string of the molecule is CCOC(=O)C1=C(C)N=c2s/c(=C\c3c(OCc4ccccc4)ccc4ccccc34)c(=O)n2[C@@H]1c1ccccc1OC(C)C. The van der Waals surface area contributed by atoms with Crippen LogP contribution in [0, 0.1) is 0 Å². The first-order chi connectivity index (χ1) is 21.9. The van der Waals surface area contributed by atoms with Crippen LogP contribution in [0.4, 0.5) is 0 Å². The lowest BCUT2D eigenvalue weighted by Crippen LogP contribution is -2.40. The van der Waals surface area contributed by atoms with Gasteiger partial charge in [-0.1, -0.05) is 90.2 Å². The lowest BCUT2D eigenvalue weighted by atomic mass is 9.95. The molecule has 2 heterocycles. The van der Waals surface area contributed by atoms with Crippen LogP contribution < -0.4 is 24.4 Å². The van der Waals surface area contributed by atoms with E-state index in [2.05, 4.69) is 0 Å². The van der Waals surface area contributed by atoms with E-state index < -0.39 is 12.0 Å². The first-order valence-corrected chi connectivity index (χ1v) is 15.8. The van der Waals surface area contributed by atoms with Gasteiger partial charge in [0.05, 0.1) is 28.5 Å². The van der Waals surface area contributed by atoms with Gasteiger partial charge in [0.1, 0.15) is 24.1 Å². The quantitative estimate of drug-likeness (QED) is 0.181. The summed E-state index contributed by atoms with van der Waals surface area (Å²) in [5.41, 5.74) is 3.08. The highest BCUT2D eigenvalue weighted by molar-refractivity contribution is 7.07. The van der Waals surface area contributed by atoms with E-state index in [0.29, 0.717) is 44.3 Å². The molecular formula is C37H34N2O5S. The number of nitrogens with zero attached hydrogens (tertiary/aromatic N) is 2. The summed E-state index contributed by atoms with van der Waals surface area (Å²) in [4.78, 5) is 33.1. The molecule has 0 spiro atoms. The zero-order valence-electron chi connectivity index (χ0n) is 25.7. The summed E-state index contributed by atoms with van der Waals surface area (Å²) in [6.07, 6.45) is 1.77. The van der Waals surface area contributed by atoms with Crippen LogP contribution in [0.2, 0.25) is 0 Å². The van der Waals surface area contributed by atoms with Crippen LogP contribution in [0.5, 0.6) is 11.5 Å². The van der Waals surface area contributed by atoms with Gasteiger partial charge >= 0.3 is 5.97 Å². The molecule has 8 heteroatoms. The zero-order valence-corrected chi connectivity index (χ0v) is 26.5. The van der Waals surface area contributed by atoms with Gasteiger partial charge in [0.15, 0.2) is 4.80 Å². The molecule has 228 valence electrons. The van der Waals surface area contributed by atoms with Gasteiger partial charge < -0.3 is 14.2 Å². The molecule has 0 unspecified atom stereocenters. The first-order valence-electron chi connectivity index (χ1n) is 15.0. The molecule has 1 atom stereocenters. The van der Waals surface area contributed by atoms with Gasteiger partial charge in [-0.25, -0.2) is 9.79 Å². The van der Waals surface area contributed by atoms with Gasteiger partial charge in [-0.15, -0.1) is 0 Å². The Morgan fingerprint density at radius 3 is 2.47 bits per heavy atom. The minimum absolute atomic E-state index is 0.112. The van der Waals surface area contributed by atoms with Crippen molar-refractivity contribution in [1.29, 1.82) is 0 Å². The van der Waals surface area contributed by atoms with Gasteiger partial charge in [-0.2, -0.15) is 0 Å². The second kappa shape index (κ2) is 13.0. The Morgan fingerprint density at radius 2 is 1.69 bits per heavy atom. The molecule has 0 amide bonds. The summed E-state index contributed by atoms with van der Waals surface area (Å²) in [5.74, 6) is 0.747. The molecule has 0 saturated carbocycles. The van der Waals surface area contributed by atoms with Crippen molar-refractivity contribution < 1.29 is 19.0 Å². The Labute approximate surface area is 265 Å². The van der Waals surface area contributed by atoms with Crippen LogP contribution in [-0.2, 0) is 16.1 Å². The van der Waals surface area contributed by atoms with Gasteiger partial charge in [0.2, 0.25) is 0 Å². The average Bonchev–Trinajstić information content (AvgIpc) is 3.34. The van der Waals surface area contributed by atoms with Gasteiger partial charge in [0.25, 0.3) is 5.56 Å². The highest BCUT2D eigenvalue weighted by atomic mass is 32.1. The van der Waals surface area contributed by atoms with Crippen molar-refractivity contribution in [2.75, 3.05) is 6.61 Å². The number of carbonyl (C=O) groups excluding carboxylic acids is 1. The molecule has 0 radical (unpaired) electrons. The molecule has 4 aromatic carbocycles. The summed E-state index contributed by atoms with van der Waals surface area (Å²) in [7, 11) is 0. The molecule has 6 rings (SSSR count). The van der Waals surface area contributed by atoms with Crippen LogP contribution in [0.3, 0.4) is 0 Å². The number of esters is 1. The zero-order chi connectivity index (χ0) is 31.5. The third kappa shape index (κ3) is 6.06. The van der Waals surface area contributed by atoms with E-state index >= 15 is 0 Å². The predicted octanol–water partition coefficient (Wildman–Crippen LogP) is 6.32. The van der Waals surface area contributed by atoms with Crippen LogP contribution in [0.15, 0.2) is 112 Å². The van der Waals surface area contributed by atoms with E-state index in [0.717, 1.165) is 21.9 Å². The Bertz CT molecular complexity index is 2090. The molecule has 1 aromatic heterocycles. The van der Waals surface area contributed by atoms with Crippen molar-refractivity contribution >= 4 is 34.2 Å². The number of para-hydroxylation sites is 1. The highest BCUT2D eigenvalue weighted by Gasteiger charge is 2.35. The molecule has 1 aliphatic heterocycles.